The summed E-state index contributed by atoms with van der Waals surface area (Å²) in [5, 5.41) is 5.12. The van der Waals surface area contributed by atoms with Crippen LogP contribution in [0.1, 0.15) is 5.56 Å². The van der Waals surface area contributed by atoms with E-state index in [4.69, 9.17) is 16.3 Å². The van der Waals surface area contributed by atoms with E-state index in [-0.39, 0.29) is 5.56 Å². The molecule has 0 aliphatic rings. The molecule has 0 aliphatic carbocycles. The molecule has 1 heterocycles. The summed E-state index contributed by atoms with van der Waals surface area (Å²) in [6.45, 7) is 0.388. The Morgan fingerprint density at radius 3 is 2.52 bits per heavy atom. The van der Waals surface area contributed by atoms with Crippen LogP contribution in [0.15, 0.2) is 65.5 Å². The molecule has 116 valence electrons. The highest BCUT2D eigenvalue weighted by atomic mass is 35.5. The number of hydrogen-bond acceptors (Lipinski definition) is 3. The van der Waals surface area contributed by atoms with Crippen molar-refractivity contribution in [2.24, 2.45) is 0 Å². The molecule has 0 saturated carbocycles. The Balaban J connectivity index is 1.99. The molecule has 3 aromatic rings. The van der Waals surface area contributed by atoms with E-state index in [2.05, 4.69) is 5.10 Å². The van der Waals surface area contributed by atoms with Crippen LogP contribution in [0, 0.1) is 0 Å². The maximum Gasteiger partial charge on any atom is 0.267 e. The van der Waals surface area contributed by atoms with Gasteiger partial charge in [-0.25, -0.2) is 4.68 Å². The van der Waals surface area contributed by atoms with Crippen molar-refractivity contribution in [1.29, 1.82) is 0 Å². The number of para-hydroxylation sites is 1. The molecule has 1 aromatic heterocycles. The van der Waals surface area contributed by atoms with Gasteiger partial charge in [0.25, 0.3) is 5.56 Å². The first-order valence-corrected chi connectivity index (χ1v) is 7.51. The predicted octanol–water partition coefficient (Wildman–Crippen LogP) is 3.62. The number of rotatable bonds is 4. The highest BCUT2D eigenvalue weighted by Crippen LogP contribution is 2.27. The van der Waals surface area contributed by atoms with Crippen molar-refractivity contribution >= 4 is 11.6 Å². The fourth-order valence-electron chi connectivity index (χ4n) is 2.32. The Labute approximate surface area is 138 Å². The summed E-state index contributed by atoms with van der Waals surface area (Å²) in [7, 11) is 1.61. The van der Waals surface area contributed by atoms with Crippen LogP contribution in [0.4, 0.5) is 0 Å². The van der Waals surface area contributed by atoms with Gasteiger partial charge in [0, 0.05) is 16.7 Å². The molecule has 0 atom stereocenters. The first-order valence-electron chi connectivity index (χ1n) is 7.13. The average molecular weight is 327 g/mol. The Morgan fingerprint density at radius 2 is 1.78 bits per heavy atom. The van der Waals surface area contributed by atoms with Gasteiger partial charge in [-0.1, -0.05) is 35.9 Å². The van der Waals surface area contributed by atoms with Gasteiger partial charge in [0.05, 0.1) is 19.3 Å². The Kier molecular flexibility index (Phi) is 4.44. The predicted molar refractivity (Wildman–Crippen MR) is 91.0 cm³/mol. The first kappa shape index (κ1) is 15.3. The standard InChI is InChI=1S/C18H15ClN2O2/c1-23-17-5-3-2-4-15(17)16-10-11-18(22)21(20-16)12-13-6-8-14(19)9-7-13/h2-11H,12H2,1H3. The molecule has 5 heteroatoms. The summed E-state index contributed by atoms with van der Waals surface area (Å²) in [4.78, 5) is 12.1. The SMILES string of the molecule is COc1ccccc1-c1ccc(=O)n(Cc2ccc(Cl)cc2)n1. The zero-order chi connectivity index (χ0) is 16.2. The van der Waals surface area contributed by atoms with Gasteiger partial charge < -0.3 is 4.74 Å². The molecule has 0 aliphatic heterocycles. The van der Waals surface area contributed by atoms with Gasteiger partial charge in [0.2, 0.25) is 0 Å². The number of hydrogen-bond donors (Lipinski definition) is 0. The second-order valence-electron chi connectivity index (χ2n) is 5.04. The van der Waals surface area contributed by atoms with E-state index in [1.165, 1.54) is 10.7 Å². The summed E-state index contributed by atoms with van der Waals surface area (Å²) in [5.74, 6) is 0.719. The lowest BCUT2D eigenvalue weighted by molar-refractivity contribution is 0.416. The summed E-state index contributed by atoms with van der Waals surface area (Å²) < 4.78 is 6.79. The fourth-order valence-corrected chi connectivity index (χ4v) is 2.45. The monoisotopic (exact) mass is 326 g/mol. The van der Waals surface area contributed by atoms with Gasteiger partial charge in [-0.2, -0.15) is 5.10 Å². The normalized spacial score (nSPS) is 10.5. The van der Waals surface area contributed by atoms with E-state index in [9.17, 15) is 4.79 Å². The zero-order valence-electron chi connectivity index (χ0n) is 12.6. The van der Waals surface area contributed by atoms with Crippen molar-refractivity contribution in [3.05, 3.63) is 81.6 Å². The molecule has 0 spiro atoms. The Morgan fingerprint density at radius 1 is 1.04 bits per heavy atom. The van der Waals surface area contributed by atoms with E-state index in [1.807, 2.05) is 36.4 Å². The zero-order valence-corrected chi connectivity index (χ0v) is 13.3. The molecule has 3 rings (SSSR count). The molecule has 0 fully saturated rings. The van der Waals surface area contributed by atoms with Crippen LogP contribution in [0.3, 0.4) is 0 Å². The molecule has 0 bridgehead atoms. The third-order valence-corrected chi connectivity index (χ3v) is 3.75. The second kappa shape index (κ2) is 6.67. The Bertz CT molecular complexity index is 873. The van der Waals surface area contributed by atoms with Crippen LogP contribution in [0.5, 0.6) is 5.75 Å². The van der Waals surface area contributed by atoms with Gasteiger partial charge in [0.15, 0.2) is 0 Å². The van der Waals surface area contributed by atoms with Gasteiger partial charge >= 0.3 is 0 Å². The molecule has 0 amide bonds. The highest BCUT2D eigenvalue weighted by Gasteiger charge is 2.08. The largest absolute Gasteiger partial charge is 0.496 e. The molecule has 0 radical (unpaired) electrons. The lowest BCUT2D eigenvalue weighted by Gasteiger charge is -2.10. The molecule has 0 N–H and O–H groups in total. The van der Waals surface area contributed by atoms with Crippen molar-refractivity contribution in [2.45, 2.75) is 6.54 Å². The van der Waals surface area contributed by atoms with E-state index < -0.39 is 0 Å². The molecular weight excluding hydrogens is 312 g/mol. The third kappa shape index (κ3) is 3.43. The van der Waals surface area contributed by atoms with Crippen molar-refractivity contribution in [3.63, 3.8) is 0 Å². The van der Waals surface area contributed by atoms with Gasteiger partial charge in [0.1, 0.15) is 5.75 Å². The van der Waals surface area contributed by atoms with Crippen molar-refractivity contribution in [2.75, 3.05) is 7.11 Å². The van der Waals surface area contributed by atoms with Crippen LogP contribution in [-0.4, -0.2) is 16.9 Å². The van der Waals surface area contributed by atoms with Gasteiger partial charge in [-0.15, -0.1) is 0 Å². The van der Waals surface area contributed by atoms with Crippen molar-refractivity contribution < 1.29 is 4.74 Å². The number of nitrogens with zero attached hydrogens (tertiary/aromatic N) is 2. The van der Waals surface area contributed by atoms with Gasteiger partial charge in [-0.05, 0) is 35.9 Å². The number of benzene rings is 2. The maximum atomic E-state index is 12.1. The quantitative estimate of drug-likeness (QED) is 0.735. The second-order valence-corrected chi connectivity index (χ2v) is 5.48. The summed E-state index contributed by atoms with van der Waals surface area (Å²) in [6, 6.07) is 18.2. The van der Waals surface area contributed by atoms with Crippen LogP contribution in [0.25, 0.3) is 11.3 Å². The maximum absolute atomic E-state index is 12.1. The Hall–Kier alpha value is -2.59. The van der Waals surface area contributed by atoms with Crippen LogP contribution in [-0.2, 0) is 6.54 Å². The highest BCUT2D eigenvalue weighted by molar-refractivity contribution is 6.30. The van der Waals surface area contributed by atoms with Crippen molar-refractivity contribution in [1.82, 2.24) is 9.78 Å². The first-order chi connectivity index (χ1) is 11.2. The minimum absolute atomic E-state index is 0.154. The van der Waals surface area contributed by atoms with Crippen LogP contribution >= 0.6 is 11.6 Å². The number of ether oxygens (including phenoxy) is 1. The van der Waals surface area contributed by atoms with E-state index in [0.717, 1.165) is 16.9 Å². The summed E-state index contributed by atoms with van der Waals surface area (Å²) in [5.41, 5.74) is 2.34. The molecule has 4 nitrogen and oxygen atoms in total. The van der Waals surface area contributed by atoms with Gasteiger partial charge in [-0.3, -0.25) is 4.79 Å². The lowest BCUT2D eigenvalue weighted by atomic mass is 10.1. The molecule has 0 unspecified atom stereocenters. The minimum atomic E-state index is -0.154. The summed E-state index contributed by atoms with van der Waals surface area (Å²) >= 11 is 5.89. The number of aromatic nitrogens is 2. The van der Waals surface area contributed by atoms with E-state index in [1.54, 1.807) is 25.3 Å². The third-order valence-electron chi connectivity index (χ3n) is 3.50. The molecule has 2 aromatic carbocycles. The molecular formula is C18H15ClN2O2. The average Bonchev–Trinajstić information content (AvgIpc) is 2.59. The lowest BCUT2D eigenvalue weighted by Crippen LogP contribution is -2.22. The van der Waals surface area contributed by atoms with Crippen molar-refractivity contribution in [3.8, 4) is 17.0 Å². The van der Waals surface area contributed by atoms with Crippen LogP contribution in [0.2, 0.25) is 5.02 Å². The minimum Gasteiger partial charge on any atom is -0.496 e. The van der Waals surface area contributed by atoms with E-state index in [0.29, 0.717) is 17.3 Å². The molecule has 0 saturated heterocycles. The topological polar surface area (TPSA) is 44.1 Å². The number of halogens is 1. The number of methoxy groups -OCH3 is 1. The smallest absolute Gasteiger partial charge is 0.267 e. The molecule has 23 heavy (non-hydrogen) atoms. The fraction of sp³-hybridized carbons (Fsp3) is 0.111. The summed E-state index contributed by atoms with van der Waals surface area (Å²) in [6.07, 6.45) is 0. The van der Waals surface area contributed by atoms with E-state index >= 15 is 0 Å². The van der Waals surface area contributed by atoms with Crippen LogP contribution < -0.4 is 10.3 Å².